The average Bonchev–Trinajstić information content (AvgIpc) is 3.06. The zero-order chi connectivity index (χ0) is 25.8. The minimum absolute atomic E-state index is 0.0967. The summed E-state index contributed by atoms with van der Waals surface area (Å²) < 4.78 is 28.2. The maximum atomic E-state index is 17.2. The highest BCUT2D eigenvalue weighted by Crippen LogP contribution is 2.70. The number of alkyl halides is 1. The van der Waals surface area contributed by atoms with Crippen molar-refractivity contribution in [3.05, 3.63) is 23.8 Å². The first-order valence-electron chi connectivity index (χ1n) is 12.6. The van der Waals surface area contributed by atoms with Crippen molar-refractivity contribution in [3.63, 3.8) is 0 Å². The van der Waals surface area contributed by atoms with E-state index >= 15 is 4.39 Å². The molecule has 0 aromatic rings. The Balaban J connectivity index is 1.77. The summed E-state index contributed by atoms with van der Waals surface area (Å²) in [7, 11) is 0. The molecule has 7 atom stereocenters. The van der Waals surface area contributed by atoms with Crippen LogP contribution in [0.4, 0.5) is 4.39 Å². The molecule has 3 fully saturated rings. The summed E-state index contributed by atoms with van der Waals surface area (Å²) in [5, 5.41) is 11.5. The second kappa shape index (κ2) is 8.64. The van der Waals surface area contributed by atoms with Crippen LogP contribution in [0.15, 0.2) is 23.8 Å². The Morgan fingerprint density at radius 1 is 1.20 bits per heavy atom. The number of fused-ring (bicyclic) bond motifs is 5. The van der Waals surface area contributed by atoms with Crippen LogP contribution in [-0.4, -0.2) is 52.6 Å². The molecule has 0 amide bonds. The molecule has 0 bridgehead atoms. The fourth-order valence-electron chi connectivity index (χ4n) is 7.61. The standard InChI is InChI=1S/C27H35FO7/c1-5-6-23(33)35-26(22(32)15-34-16(2)29)12-10-19-20-8-7-17-13-18(30)9-11-24(17,3)27(20,28)21(31)14-25(19,26)4/h9,11,13,19-21,31H,5-8,10,12,14-15H2,1-4H3/t19-,20-,21-,24-,25-,26-,27-/m0/s1. The summed E-state index contributed by atoms with van der Waals surface area (Å²) in [6, 6.07) is 0. The molecule has 4 aliphatic carbocycles. The number of ketones is 2. The van der Waals surface area contributed by atoms with E-state index < -0.39 is 58.5 Å². The maximum absolute atomic E-state index is 17.2. The van der Waals surface area contributed by atoms with Crippen LogP contribution < -0.4 is 0 Å². The van der Waals surface area contributed by atoms with Crippen molar-refractivity contribution in [2.75, 3.05) is 6.61 Å². The Morgan fingerprint density at radius 3 is 2.57 bits per heavy atom. The van der Waals surface area contributed by atoms with Gasteiger partial charge in [0, 0.05) is 30.1 Å². The van der Waals surface area contributed by atoms with Gasteiger partial charge in [0.15, 0.2) is 23.7 Å². The van der Waals surface area contributed by atoms with Gasteiger partial charge in [-0.25, -0.2) is 4.39 Å². The minimum atomic E-state index is -2.04. The van der Waals surface area contributed by atoms with Gasteiger partial charge in [0.1, 0.15) is 0 Å². The maximum Gasteiger partial charge on any atom is 0.306 e. The van der Waals surface area contributed by atoms with Crippen LogP contribution in [0.2, 0.25) is 0 Å². The summed E-state index contributed by atoms with van der Waals surface area (Å²) in [6.07, 6.45) is 5.05. The molecule has 0 aromatic carbocycles. The van der Waals surface area contributed by atoms with E-state index in [1.807, 2.05) is 6.92 Å². The normalized spacial score (nSPS) is 41.8. The van der Waals surface area contributed by atoms with Gasteiger partial charge >= 0.3 is 11.9 Å². The second-order valence-electron chi connectivity index (χ2n) is 11.1. The molecule has 192 valence electrons. The molecule has 0 aliphatic heterocycles. The highest BCUT2D eigenvalue weighted by atomic mass is 19.1. The van der Waals surface area contributed by atoms with Crippen LogP contribution in [0.5, 0.6) is 0 Å². The summed E-state index contributed by atoms with van der Waals surface area (Å²) >= 11 is 0. The largest absolute Gasteiger partial charge is 0.458 e. The van der Waals surface area contributed by atoms with Gasteiger partial charge in [-0.1, -0.05) is 25.5 Å². The monoisotopic (exact) mass is 490 g/mol. The van der Waals surface area contributed by atoms with Gasteiger partial charge in [-0.05, 0) is 63.5 Å². The smallest absolute Gasteiger partial charge is 0.306 e. The molecule has 8 heteroatoms. The number of ether oxygens (including phenoxy) is 2. The number of allylic oxidation sites excluding steroid dienone is 4. The van der Waals surface area contributed by atoms with E-state index in [1.54, 1.807) is 19.9 Å². The van der Waals surface area contributed by atoms with E-state index in [9.17, 15) is 24.3 Å². The molecule has 7 nitrogen and oxygen atoms in total. The molecule has 1 N–H and O–H groups in total. The van der Waals surface area contributed by atoms with Crippen molar-refractivity contribution in [2.24, 2.45) is 22.7 Å². The number of aliphatic hydroxyl groups excluding tert-OH is 1. The van der Waals surface area contributed by atoms with Crippen molar-refractivity contribution in [1.82, 2.24) is 0 Å². The quantitative estimate of drug-likeness (QED) is 0.567. The van der Waals surface area contributed by atoms with Crippen LogP contribution in [0.25, 0.3) is 0 Å². The predicted molar refractivity (Wildman–Crippen MR) is 124 cm³/mol. The van der Waals surface area contributed by atoms with E-state index in [1.165, 1.54) is 19.1 Å². The lowest BCUT2D eigenvalue weighted by molar-refractivity contribution is -0.225. The lowest BCUT2D eigenvalue weighted by atomic mass is 9.44. The first-order chi connectivity index (χ1) is 16.4. The van der Waals surface area contributed by atoms with Crippen LogP contribution in [0.3, 0.4) is 0 Å². The van der Waals surface area contributed by atoms with Crippen molar-refractivity contribution >= 4 is 23.5 Å². The number of halogens is 1. The summed E-state index contributed by atoms with van der Waals surface area (Å²) in [5.74, 6) is -2.84. The highest BCUT2D eigenvalue weighted by Gasteiger charge is 2.75. The number of Topliss-reactive ketones (excluding diaryl/α,β-unsaturated/α-hetero) is 1. The fourth-order valence-corrected chi connectivity index (χ4v) is 7.61. The third-order valence-corrected chi connectivity index (χ3v) is 9.36. The Bertz CT molecular complexity index is 1020. The van der Waals surface area contributed by atoms with Crippen molar-refractivity contribution in [1.29, 1.82) is 0 Å². The van der Waals surface area contributed by atoms with Crippen LogP contribution >= 0.6 is 0 Å². The van der Waals surface area contributed by atoms with Gasteiger partial charge < -0.3 is 14.6 Å². The number of carbonyl (C=O) groups excluding carboxylic acids is 4. The summed E-state index contributed by atoms with van der Waals surface area (Å²) in [6.45, 7) is 6.00. The van der Waals surface area contributed by atoms with Crippen LogP contribution in [0.1, 0.15) is 72.6 Å². The van der Waals surface area contributed by atoms with Gasteiger partial charge in [0.05, 0.1) is 6.10 Å². The van der Waals surface area contributed by atoms with E-state index in [4.69, 9.17) is 9.47 Å². The Morgan fingerprint density at radius 2 is 1.91 bits per heavy atom. The zero-order valence-electron chi connectivity index (χ0n) is 20.9. The first kappa shape index (κ1) is 25.7. The molecule has 35 heavy (non-hydrogen) atoms. The number of carbonyl (C=O) groups is 4. The molecule has 0 heterocycles. The lowest BCUT2D eigenvalue weighted by Crippen LogP contribution is -2.69. The van der Waals surface area contributed by atoms with E-state index in [-0.39, 0.29) is 31.0 Å². The van der Waals surface area contributed by atoms with Crippen LogP contribution in [0, 0.1) is 22.7 Å². The highest BCUT2D eigenvalue weighted by molar-refractivity contribution is 6.01. The molecule has 0 saturated heterocycles. The molecule has 4 rings (SSSR count). The number of hydrogen-bond donors (Lipinski definition) is 1. The summed E-state index contributed by atoms with van der Waals surface area (Å²) in [4.78, 5) is 49.7. The summed E-state index contributed by atoms with van der Waals surface area (Å²) in [5.41, 5.74) is -5.16. The fraction of sp³-hybridized carbons (Fsp3) is 0.704. The van der Waals surface area contributed by atoms with Gasteiger partial charge in [-0.2, -0.15) is 0 Å². The number of hydrogen-bond acceptors (Lipinski definition) is 7. The topological polar surface area (TPSA) is 107 Å². The molecular formula is C27H35FO7. The lowest BCUT2D eigenvalue weighted by Gasteiger charge is -2.62. The van der Waals surface area contributed by atoms with Gasteiger partial charge in [0.25, 0.3) is 0 Å². The van der Waals surface area contributed by atoms with Crippen molar-refractivity contribution in [3.8, 4) is 0 Å². The Hall–Kier alpha value is -2.35. The number of esters is 2. The van der Waals surface area contributed by atoms with Crippen LogP contribution in [-0.2, 0) is 28.7 Å². The zero-order valence-corrected chi connectivity index (χ0v) is 20.9. The average molecular weight is 491 g/mol. The molecule has 0 radical (unpaired) electrons. The third-order valence-electron chi connectivity index (χ3n) is 9.36. The van der Waals surface area contributed by atoms with Crippen molar-refractivity contribution in [2.45, 2.75) is 90.0 Å². The van der Waals surface area contributed by atoms with E-state index in [0.29, 0.717) is 31.3 Å². The molecule has 0 unspecified atom stereocenters. The van der Waals surface area contributed by atoms with E-state index in [2.05, 4.69) is 0 Å². The van der Waals surface area contributed by atoms with Gasteiger partial charge in [-0.3, -0.25) is 19.2 Å². The molecule has 0 spiro atoms. The number of rotatable bonds is 6. The molecule has 3 saturated carbocycles. The third kappa shape index (κ3) is 3.54. The van der Waals surface area contributed by atoms with Gasteiger partial charge in [0.2, 0.25) is 5.78 Å². The first-order valence-corrected chi connectivity index (χ1v) is 12.6. The molecule has 4 aliphatic rings. The molecule has 0 aromatic heterocycles. The van der Waals surface area contributed by atoms with Gasteiger partial charge in [-0.15, -0.1) is 0 Å². The number of aliphatic hydroxyl groups is 1. The minimum Gasteiger partial charge on any atom is -0.458 e. The SMILES string of the molecule is CCCC(=O)O[C@]1(C(=O)COC(C)=O)CC[C@H]2[C@@H]3CCC4=CC(=O)C=C[C@]4(C)[C@@]3(F)[C@@H](O)C[C@@]21C. The Labute approximate surface area is 205 Å². The second-order valence-corrected chi connectivity index (χ2v) is 11.1. The van der Waals surface area contributed by atoms with Crippen molar-refractivity contribution < 1.29 is 38.1 Å². The van der Waals surface area contributed by atoms with E-state index in [0.717, 1.165) is 0 Å². The predicted octanol–water partition coefficient (Wildman–Crippen LogP) is 3.57. The molecular weight excluding hydrogens is 455 g/mol. The Kier molecular flexibility index (Phi) is 6.36.